The number of carbonyl (C=O) groups is 2. The van der Waals surface area contributed by atoms with E-state index in [-0.39, 0.29) is 24.1 Å². The van der Waals surface area contributed by atoms with Crippen molar-refractivity contribution in [2.75, 3.05) is 11.1 Å². The van der Waals surface area contributed by atoms with Gasteiger partial charge in [-0.15, -0.1) is 10.2 Å². The molecule has 0 saturated carbocycles. The van der Waals surface area contributed by atoms with Crippen molar-refractivity contribution in [3.05, 3.63) is 82.1 Å². The van der Waals surface area contributed by atoms with Gasteiger partial charge in [0.05, 0.1) is 22.3 Å². The largest absolute Gasteiger partial charge is 0.345 e. The van der Waals surface area contributed by atoms with Crippen LogP contribution in [-0.2, 0) is 18.4 Å². The van der Waals surface area contributed by atoms with Gasteiger partial charge in [0.1, 0.15) is 0 Å². The molecule has 0 fully saturated rings. The fourth-order valence-corrected chi connectivity index (χ4v) is 4.15. The van der Waals surface area contributed by atoms with Crippen LogP contribution >= 0.6 is 35.0 Å². The second-order valence-electron chi connectivity index (χ2n) is 7.17. The van der Waals surface area contributed by atoms with E-state index >= 15 is 0 Å². The number of nitrogens with one attached hydrogen (secondary N) is 2. The van der Waals surface area contributed by atoms with Crippen molar-refractivity contribution in [1.29, 1.82) is 0 Å². The van der Waals surface area contributed by atoms with Crippen molar-refractivity contribution in [3.8, 4) is 0 Å². The molecule has 0 aliphatic carbocycles. The molecule has 4 rings (SSSR count). The molecule has 0 bridgehead atoms. The first-order valence-corrected chi connectivity index (χ1v) is 11.7. The van der Waals surface area contributed by atoms with Crippen molar-refractivity contribution >= 4 is 63.2 Å². The van der Waals surface area contributed by atoms with Crippen molar-refractivity contribution in [2.45, 2.75) is 11.7 Å². The fraction of sp³-hybridized carbons (Fsp3) is 0.130. The van der Waals surface area contributed by atoms with Gasteiger partial charge in [0, 0.05) is 18.3 Å². The zero-order valence-corrected chi connectivity index (χ0v) is 19.8. The van der Waals surface area contributed by atoms with Gasteiger partial charge in [-0.3, -0.25) is 9.59 Å². The number of anilines is 1. The van der Waals surface area contributed by atoms with Crippen molar-refractivity contribution in [1.82, 2.24) is 20.1 Å². The highest BCUT2D eigenvalue weighted by atomic mass is 35.5. The molecule has 2 N–H and O–H groups in total. The summed E-state index contributed by atoms with van der Waals surface area (Å²) in [4.78, 5) is 24.7. The minimum Gasteiger partial charge on any atom is -0.345 e. The van der Waals surface area contributed by atoms with E-state index < -0.39 is 0 Å². The van der Waals surface area contributed by atoms with Crippen LogP contribution in [0.5, 0.6) is 0 Å². The van der Waals surface area contributed by atoms with Crippen LogP contribution in [0.15, 0.2) is 65.8 Å². The van der Waals surface area contributed by atoms with Crippen LogP contribution in [-0.4, -0.2) is 32.3 Å². The third-order valence-corrected chi connectivity index (χ3v) is 6.64. The van der Waals surface area contributed by atoms with E-state index in [0.29, 0.717) is 26.6 Å². The lowest BCUT2D eigenvalue weighted by atomic mass is 10.1. The van der Waals surface area contributed by atoms with Crippen LogP contribution < -0.4 is 10.6 Å². The molecule has 10 heteroatoms. The lowest BCUT2D eigenvalue weighted by molar-refractivity contribution is -0.113. The summed E-state index contributed by atoms with van der Waals surface area (Å²) >= 11 is 13.1. The van der Waals surface area contributed by atoms with E-state index in [1.54, 1.807) is 23.7 Å². The average molecular weight is 500 g/mol. The first kappa shape index (κ1) is 23.1. The predicted octanol–water partition coefficient (Wildman–Crippen LogP) is 4.94. The molecular weight excluding hydrogens is 481 g/mol. The summed E-state index contributed by atoms with van der Waals surface area (Å²) in [5.74, 6) is 0.281. The maximum atomic E-state index is 12.4. The Bertz CT molecular complexity index is 1340. The van der Waals surface area contributed by atoms with Crippen molar-refractivity contribution in [3.63, 3.8) is 0 Å². The SMILES string of the molecule is Cn1c(CNC(=O)c2ccc(Cl)c(Cl)c2)nnc1SCC(=O)Nc1ccc2ccccc2c1. The van der Waals surface area contributed by atoms with Gasteiger partial charge in [0.15, 0.2) is 11.0 Å². The molecule has 0 aliphatic heterocycles. The molecule has 1 aromatic heterocycles. The van der Waals surface area contributed by atoms with Gasteiger partial charge in [-0.25, -0.2) is 0 Å². The molecule has 0 saturated heterocycles. The third kappa shape index (κ3) is 5.65. The van der Waals surface area contributed by atoms with Gasteiger partial charge < -0.3 is 15.2 Å². The maximum absolute atomic E-state index is 12.4. The molecule has 2 amide bonds. The summed E-state index contributed by atoms with van der Waals surface area (Å²) in [5.41, 5.74) is 1.13. The first-order chi connectivity index (χ1) is 15.9. The van der Waals surface area contributed by atoms with E-state index in [2.05, 4.69) is 20.8 Å². The van der Waals surface area contributed by atoms with Crippen LogP contribution in [0.2, 0.25) is 10.0 Å². The van der Waals surface area contributed by atoms with Crippen LogP contribution in [0, 0.1) is 0 Å². The number of halogens is 2. The van der Waals surface area contributed by atoms with Gasteiger partial charge in [-0.1, -0.05) is 65.3 Å². The summed E-state index contributed by atoms with van der Waals surface area (Å²) in [5, 5.41) is 17.3. The number of amides is 2. The molecule has 0 spiro atoms. The minimum atomic E-state index is -0.305. The second-order valence-corrected chi connectivity index (χ2v) is 8.93. The van der Waals surface area contributed by atoms with Crippen molar-refractivity contribution < 1.29 is 9.59 Å². The van der Waals surface area contributed by atoms with Gasteiger partial charge in [0.2, 0.25) is 5.91 Å². The topological polar surface area (TPSA) is 88.9 Å². The van der Waals surface area contributed by atoms with E-state index in [4.69, 9.17) is 23.2 Å². The lowest BCUT2D eigenvalue weighted by Crippen LogP contribution is -2.24. The number of carbonyl (C=O) groups excluding carboxylic acids is 2. The summed E-state index contributed by atoms with van der Waals surface area (Å²) in [6, 6.07) is 18.4. The highest BCUT2D eigenvalue weighted by Gasteiger charge is 2.14. The first-order valence-electron chi connectivity index (χ1n) is 9.93. The number of aromatic nitrogens is 3. The van der Waals surface area contributed by atoms with Crippen LogP contribution in [0.3, 0.4) is 0 Å². The van der Waals surface area contributed by atoms with Crippen molar-refractivity contribution in [2.24, 2.45) is 7.05 Å². The Morgan fingerprint density at radius 3 is 2.55 bits per heavy atom. The average Bonchev–Trinajstić information content (AvgIpc) is 3.17. The van der Waals surface area contributed by atoms with Gasteiger partial charge >= 0.3 is 0 Å². The molecule has 0 radical (unpaired) electrons. The quantitative estimate of drug-likeness (QED) is 0.351. The second kappa shape index (κ2) is 10.2. The van der Waals surface area contributed by atoms with Crippen LogP contribution in [0.4, 0.5) is 5.69 Å². The Morgan fingerprint density at radius 2 is 1.76 bits per heavy atom. The zero-order valence-electron chi connectivity index (χ0n) is 17.5. The minimum absolute atomic E-state index is 0.146. The summed E-state index contributed by atoms with van der Waals surface area (Å²) < 4.78 is 1.74. The molecule has 0 unspecified atom stereocenters. The Labute approximate surface area is 204 Å². The monoisotopic (exact) mass is 499 g/mol. The lowest BCUT2D eigenvalue weighted by Gasteiger charge is -2.08. The van der Waals surface area contributed by atoms with Crippen LogP contribution in [0.1, 0.15) is 16.2 Å². The summed E-state index contributed by atoms with van der Waals surface area (Å²) in [7, 11) is 1.78. The van der Waals surface area contributed by atoms with Gasteiger partial charge in [-0.05, 0) is 41.1 Å². The number of benzene rings is 3. The Morgan fingerprint density at radius 1 is 0.970 bits per heavy atom. The number of rotatable bonds is 7. The molecule has 0 aliphatic rings. The molecular formula is C23H19Cl2N5O2S. The number of thioether (sulfide) groups is 1. The highest BCUT2D eigenvalue weighted by Crippen LogP contribution is 2.23. The smallest absolute Gasteiger partial charge is 0.251 e. The van der Waals surface area contributed by atoms with Gasteiger partial charge in [-0.2, -0.15) is 0 Å². The third-order valence-electron chi connectivity index (χ3n) is 4.88. The molecule has 168 valence electrons. The highest BCUT2D eigenvalue weighted by molar-refractivity contribution is 7.99. The molecule has 0 atom stereocenters. The molecule has 33 heavy (non-hydrogen) atoms. The standard InChI is InChI=1S/C23H19Cl2N5O2S/c1-30-20(12-26-22(32)16-7-9-18(24)19(25)11-16)28-29-23(30)33-13-21(31)27-17-8-6-14-4-2-3-5-15(14)10-17/h2-11H,12-13H2,1H3,(H,26,32)(H,27,31). The summed E-state index contributed by atoms with van der Waals surface area (Å²) in [6.45, 7) is 0.173. The van der Waals surface area contributed by atoms with E-state index in [1.807, 2.05) is 42.5 Å². The molecule has 7 nitrogen and oxygen atoms in total. The Balaban J connectivity index is 1.31. The van der Waals surface area contributed by atoms with E-state index in [0.717, 1.165) is 16.5 Å². The number of hydrogen-bond donors (Lipinski definition) is 2. The summed E-state index contributed by atoms with van der Waals surface area (Å²) in [6.07, 6.45) is 0. The maximum Gasteiger partial charge on any atom is 0.251 e. The van der Waals surface area contributed by atoms with Gasteiger partial charge in [0.25, 0.3) is 5.91 Å². The normalized spacial score (nSPS) is 10.9. The number of nitrogens with zero attached hydrogens (tertiary/aromatic N) is 3. The predicted molar refractivity (Wildman–Crippen MR) is 132 cm³/mol. The molecule has 3 aromatic carbocycles. The number of fused-ring (bicyclic) bond motifs is 1. The molecule has 4 aromatic rings. The Hall–Kier alpha value is -3.07. The fourth-order valence-electron chi connectivity index (χ4n) is 3.12. The molecule has 1 heterocycles. The van der Waals surface area contributed by atoms with E-state index in [1.165, 1.54) is 17.8 Å². The number of hydrogen-bond acceptors (Lipinski definition) is 5. The van der Waals surface area contributed by atoms with E-state index in [9.17, 15) is 9.59 Å². The van der Waals surface area contributed by atoms with Crippen LogP contribution in [0.25, 0.3) is 10.8 Å². The Kier molecular flexibility index (Phi) is 7.17. The zero-order chi connectivity index (χ0) is 23.4.